The van der Waals surface area contributed by atoms with Crippen molar-refractivity contribution in [3.05, 3.63) is 35.9 Å². The maximum Gasteiger partial charge on any atom is 0.327 e. The Kier molecular flexibility index (Phi) is 3.48. The maximum absolute atomic E-state index is 10.5. The molecule has 0 amide bonds. The van der Waals surface area contributed by atoms with Gasteiger partial charge in [-0.2, -0.15) is 0 Å². The lowest BCUT2D eigenvalue weighted by Gasteiger charge is -2.06. The molecule has 1 atom stereocenters. The number of benzene rings is 1. The zero-order valence-corrected chi connectivity index (χ0v) is 7.85. The standard InChI is InChI=1S/C9H8ClNO3/c10-7(9(12)13)8(11-14)6-4-2-1-3-5-6/h1-5,7,14H,(H,12,13)/b11-8+. The van der Waals surface area contributed by atoms with Crippen LogP contribution < -0.4 is 0 Å². The van der Waals surface area contributed by atoms with Crippen LogP contribution in [0.5, 0.6) is 0 Å². The first-order valence-electron chi connectivity index (χ1n) is 3.81. The number of carboxylic acids is 1. The lowest BCUT2D eigenvalue weighted by atomic mass is 10.1. The van der Waals surface area contributed by atoms with Gasteiger partial charge in [0.05, 0.1) is 0 Å². The summed E-state index contributed by atoms with van der Waals surface area (Å²) in [7, 11) is 0. The minimum atomic E-state index is -1.35. The Hall–Kier alpha value is -1.55. The Bertz CT molecular complexity index is 350. The smallest absolute Gasteiger partial charge is 0.327 e. The summed E-state index contributed by atoms with van der Waals surface area (Å²) in [6.45, 7) is 0. The number of nitrogens with zero attached hydrogens (tertiary/aromatic N) is 1. The molecule has 0 saturated heterocycles. The highest BCUT2D eigenvalue weighted by atomic mass is 35.5. The number of alkyl halides is 1. The number of rotatable bonds is 3. The van der Waals surface area contributed by atoms with E-state index in [1.165, 1.54) is 0 Å². The Morgan fingerprint density at radius 3 is 2.36 bits per heavy atom. The van der Waals surface area contributed by atoms with E-state index in [-0.39, 0.29) is 5.71 Å². The molecular weight excluding hydrogens is 206 g/mol. The molecule has 4 nitrogen and oxygen atoms in total. The van der Waals surface area contributed by atoms with Crippen LogP contribution in [0, 0.1) is 0 Å². The van der Waals surface area contributed by atoms with Crippen molar-refractivity contribution in [2.75, 3.05) is 0 Å². The largest absolute Gasteiger partial charge is 0.480 e. The van der Waals surface area contributed by atoms with E-state index >= 15 is 0 Å². The van der Waals surface area contributed by atoms with E-state index in [1.54, 1.807) is 30.3 Å². The number of carboxylic acid groups (broad SMARTS) is 1. The maximum atomic E-state index is 10.5. The number of hydrogen-bond donors (Lipinski definition) is 2. The third-order valence-corrected chi connectivity index (χ3v) is 2.03. The number of aliphatic carboxylic acids is 1. The SMILES string of the molecule is O=C(O)C(Cl)/C(=N/O)c1ccccc1. The van der Waals surface area contributed by atoms with Crippen molar-refractivity contribution in [3.8, 4) is 0 Å². The third-order valence-electron chi connectivity index (χ3n) is 1.63. The van der Waals surface area contributed by atoms with Crippen molar-refractivity contribution in [3.63, 3.8) is 0 Å². The molecule has 0 spiro atoms. The summed E-state index contributed by atoms with van der Waals surface area (Å²) in [5.74, 6) is -1.25. The van der Waals surface area contributed by atoms with Crippen molar-refractivity contribution >= 4 is 23.3 Å². The summed E-state index contributed by atoms with van der Waals surface area (Å²) in [4.78, 5) is 10.5. The van der Waals surface area contributed by atoms with Gasteiger partial charge in [-0.05, 0) is 0 Å². The molecule has 0 aliphatic heterocycles. The van der Waals surface area contributed by atoms with Crippen LogP contribution in [0.1, 0.15) is 5.56 Å². The van der Waals surface area contributed by atoms with Crippen LogP contribution >= 0.6 is 11.6 Å². The average Bonchev–Trinajstić information content (AvgIpc) is 2.20. The zero-order chi connectivity index (χ0) is 10.6. The van der Waals surface area contributed by atoms with E-state index in [1.807, 2.05) is 0 Å². The minimum absolute atomic E-state index is 0.0697. The summed E-state index contributed by atoms with van der Waals surface area (Å²) in [6, 6.07) is 8.40. The highest BCUT2D eigenvalue weighted by Gasteiger charge is 2.22. The Balaban J connectivity index is 3.01. The van der Waals surface area contributed by atoms with Crippen LogP contribution in [0.3, 0.4) is 0 Å². The lowest BCUT2D eigenvalue weighted by molar-refractivity contribution is -0.135. The highest BCUT2D eigenvalue weighted by Crippen LogP contribution is 2.09. The van der Waals surface area contributed by atoms with Crippen LogP contribution in [0.4, 0.5) is 0 Å². The molecule has 1 unspecified atom stereocenters. The fourth-order valence-electron chi connectivity index (χ4n) is 0.981. The number of carbonyl (C=O) groups is 1. The predicted octanol–water partition coefficient (Wildman–Crippen LogP) is 1.56. The van der Waals surface area contributed by atoms with E-state index in [2.05, 4.69) is 5.16 Å². The van der Waals surface area contributed by atoms with Gasteiger partial charge in [-0.15, -0.1) is 11.6 Å². The Morgan fingerprint density at radius 2 is 1.93 bits per heavy atom. The Labute approximate surface area is 85.4 Å². The van der Waals surface area contributed by atoms with Crippen LogP contribution in [0.25, 0.3) is 0 Å². The van der Waals surface area contributed by atoms with Gasteiger partial charge < -0.3 is 10.3 Å². The van der Waals surface area contributed by atoms with Gasteiger partial charge in [-0.25, -0.2) is 0 Å². The normalized spacial score (nSPS) is 13.6. The highest BCUT2D eigenvalue weighted by molar-refractivity contribution is 6.44. The first-order valence-corrected chi connectivity index (χ1v) is 4.24. The van der Waals surface area contributed by atoms with Crippen molar-refractivity contribution in [1.29, 1.82) is 0 Å². The summed E-state index contributed by atoms with van der Waals surface area (Å²) in [5, 5.41) is 18.8. The van der Waals surface area contributed by atoms with Gasteiger partial charge >= 0.3 is 5.97 Å². The van der Waals surface area contributed by atoms with Gasteiger partial charge in [0, 0.05) is 5.56 Å². The molecule has 0 bridgehead atoms. The quantitative estimate of drug-likeness (QED) is 0.347. The van der Waals surface area contributed by atoms with E-state index < -0.39 is 11.3 Å². The second kappa shape index (κ2) is 4.62. The summed E-state index contributed by atoms with van der Waals surface area (Å²) >= 11 is 5.53. The van der Waals surface area contributed by atoms with Gasteiger partial charge in [0.1, 0.15) is 5.71 Å². The Morgan fingerprint density at radius 1 is 1.36 bits per heavy atom. The van der Waals surface area contributed by atoms with Gasteiger partial charge in [0.15, 0.2) is 5.38 Å². The molecule has 74 valence electrons. The molecule has 14 heavy (non-hydrogen) atoms. The predicted molar refractivity (Wildman–Crippen MR) is 52.0 cm³/mol. The van der Waals surface area contributed by atoms with Gasteiger partial charge in [-0.1, -0.05) is 35.5 Å². The molecule has 1 aromatic carbocycles. The average molecular weight is 214 g/mol. The molecule has 0 aliphatic rings. The molecule has 0 radical (unpaired) electrons. The summed E-state index contributed by atoms with van der Waals surface area (Å²) in [6.07, 6.45) is 0. The van der Waals surface area contributed by atoms with Crippen LogP contribution in [-0.2, 0) is 4.79 Å². The summed E-state index contributed by atoms with van der Waals surface area (Å²) in [5.41, 5.74) is 0.414. The molecule has 0 aromatic heterocycles. The number of hydrogen-bond acceptors (Lipinski definition) is 3. The number of halogens is 1. The van der Waals surface area contributed by atoms with E-state index in [4.69, 9.17) is 21.9 Å². The molecule has 5 heteroatoms. The first kappa shape index (κ1) is 10.5. The zero-order valence-electron chi connectivity index (χ0n) is 7.09. The summed E-state index contributed by atoms with van der Waals surface area (Å²) < 4.78 is 0. The topological polar surface area (TPSA) is 69.9 Å². The van der Waals surface area contributed by atoms with E-state index in [9.17, 15) is 4.79 Å². The van der Waals surface area contributed by atoms with Crippen LogP contribution in [-0.4, -0.2) is 27.4 Å². The van der Waals surface area contributed by atoms with Gasteiger partial charge in [0.25, 0.3) is 0 Å². The van der Waals surface area contributed by atoms with Crippen LogP contribution in [0.15, 0.2) is 35.5 Å². The molecule has 0 aliphatic carbocycles. The van der Waals surface area contributed by atoms with E-state index in [0.29, 0.717) is 5.56 Å². The van der Waals surface area contributed by atoms with Gasteiger partial charge in [-0.3, -0.25) is 4.79 Å². The van der Waals surface area contributed by atoms with Crippen molar-refractivity contribution in [2.45, 2.75) is 5.38 Å². The molecule has 0 heterocycles. The molecule has 0 saturated carbocycles. The second-order valence-corrected chi connectivity index (χ2v) is 2.99. The molecule has 1 rings (SSSR count). The van der Waals surface area contributed by atoms with Crippen molar-refractivity contribution in [2.24, 2.45) is 5.16 Å². The first-order chi connectivity index (χ1) is 6.66. The fourth-order valence-corrected chi connectivity index (χ4v) is 1.15. The minimum Gasteiger partial charge on any atom is -0.480 e. The number of oxime groups is 1. The fraction of sp³-hybridized carbons (Fsp3) is 0.111. The molecule has 2 N–H and O–H groups in total. The second-order valence-electron chi connectivity index (χ2n) is 2.55. The lowest BCUT2D eigenvalue weighted by Crippen LogP contribution is -2.25. The van der Waals surface area contributed by atoms with Crippen molar-refractivity contribution < 1.29 is 15.1 Å². The molecule has 0 fully saturated rings. The van der Waals surface area contributed by atoms with Crippen LogP contribution in [0.2, 0.25) is 0 Å². The van der Waals surface area contributed by atoms with Gasteiger partial charge in [0.2, 0.25) is 0 Å². The monoisotopic (exact) mass is 213 g/mol. The molecular formula is C9H8ClNO3. The van der Waals surface area contributed by atoms with E-state index in [0.717, 1.165) is 0 Å². The third kappa shape index (κ3) is 2.23. The molecule has 1 aromatic rings. The van der Waals surface area contributed by atoms with Crippen molar-refractivity contribution in [1.82, 2.24) is 0 Å².